The van der Waals surface area contributed by atoms with Crippen LogP contribution in [0, 0.1) is 13.8 Å². The van der Waals surface area contributed by atoms with Crippen LogP contribution in [0.1, 0.15) is 32.9 Å². The molecule has 1 amide bonds. The summed E-state index contributed by atoms with van der Waals surface area (Å²) in [6.07, 6.45) is 0.712. The summed E-state index contributed by atoms with van der Waals surface area (Å²) >= 11 is 1.51. The molecule has 5 rings (SSSR count). The summed E-state index contributed by atoms with van der Waals surface area (Å²) < 4.78 is 25.6. The second-order valence-electron chi connectivity index (χ2n) is 8.94. The molecule has 2 saturated heterocycles. The van der Waals surface area contributed by atoms with Crippen LogP contribution in [0.25, 0.3) is 10.2 Å². The fourth-order valence-corrected chi connectivity index (χ4v) is 7.59. The minimum atomic E-state index is -2.89. The minimum absolute atomic E-state index is 0.0613. The first kappa shape index (κ1) is 21.6. The van der Waals surface area contributed by atoms with Crippen molar-refractivity contribution in [2.45, 2.75) is 32.9 Å². The van der Waals surface area contributed by atoms with Crippen molar-refractivity contribution in [1.29, 1.82) is 0 Å². The molecule has 0 radical (unpaired) electrons. The molecule has 0 saturated carbocycles. The fraction of sp³-hybridized carbons (Fsp3) is 0.478. The quantitative estimate of drug-likeness (QED) is 0.584. The Morgan fingerprint density at radius 1 is 1.12 bits per heavy atom. The lowest BCUT2D eigenvalue weighted by Gasteiger charge is -2.37. The van der Waals surface area contributed by atoms with Crippen molar-refractivity contribution in [3.05, 3.63) is 52.0 Å². The van der Waals surface area contributed by atoms with E-state index < -0.39 is 9.84 Å². The largest absolute Gasteiger partial charge is 0.335 e. The van der Waals surface area contributed by atoms with E-state index in [2.05, 4.69) is 36.1 Å². The zero-order valence-electron chi connectivity index (χ0n) is 18.5. The number of piperazine rings is 1. The lowest BCUT2D eigenvalue weighted by Crippen LogP contribution is -2.52. The highest BCUT2D eigenvalue weighted by molar-refractivity contribution is 7.91. The molecule has 0 aliphatic carbocycles. The second kappa shape index (κ2) is 8.28. The molecule has 2 fully saturated rings. The maximum Gasteiger partial charge on any atom is 0.264 e. The first-order valence-electron chi connectivity index (χ1n) is 11.1. The number of nitrogens with zero attached hydrogens (tertiary/aromatic N) is 4. The molecule has 32 heavy (non-hydrogen) atoms. The van der Waals surface area contributed by atoms with Crippen LogP contribution in [0.15, 0.2) is 30.3 Å². The molecule has 9 heteroatoms. The lowest BCUT2D eigenvalue weighted by atomic mass is 10.1. The Kier molecular flexibility index (Phi) is 5.59. The summed E-state index contributed by atoms with van der Waals surface area (Å²) in [5.41, 5.74) is 3.36. The first-order valence-corrected chi connectivity index (χ1v) is 13.7. The number of fused-ring (bicyclic) bond motifs is 1. The van der Waals surface area contributed by atoms with Crippen molar-refractivity contribution in [3.63, 3.8) is 0 Å². The molecular formula is C23H28N4O3S2. The van der Waals surface area contributed by atoms with Gasteiger partial charge in [0.1, 0.15) is 4.83 Å². The molecule has 0 unspecified atom stereocenters. The van der Waals surface area contributed by atoms with E-state index in [1.807, 2.05) is 22.6 Å². The highest BCUT2D eigenvalue weighted by Gasteiger charge is 2.34. The van der Waals surface area contributed by atoms with E-state index in [1.165, 1.54) is 22.5 Å². The summed E-state index contributed by atoms with van der Waals surface area (Å²) in [7, 11) is -2.89. The Hall–Kier alpha value is -2.23. The molecule has 2 aliphatic rings. The number of hydrogen-bond acceptors (Lipinski definition) is 6. The molecule has 0 spiro atoms. The van der Waals surface area contributed by atoms with Crippen molar-refractivity contribution >= 4 is 37.3 Å². The molecule has 2 aromatic heterocycles. The number of rotatable bonds is 4. The van der Waals surface area contributed by atoms with E-state index >= 15 is 0 Å². The molecule has 7 nitrogen and oxygen atoms in total. The van der Waals surface area contributed by atoms with E-state index in [1.54, 1.807) is 0 Å². The minimum Gasteiger partial charge on any atom is -0.335 e. The molecule has 0 N–H and O–H groups in total. The smallest absolute Gasteiger partial charge is 0.264 e. The lowest BCUT2D eigenvalue weighted by molar-refractivity contribution is 0.0592. The predicted octanol–water partition coefficient (Wildman–Crippen LogP) is 2.71. The number of benzene rings is 1. The van der Waals surface area contributed by atoms with Gasteiger partial charge in [-0.25, -0.2) is 8.42 Å². The van der Waals surface area contributed by atoms with Crippen LogP contribution in [0.2, 0.25) is 0 Å². The molecular weight excluding hydrogens is 444 g/mol. The average Bonchev–Trinajstić information content (AvgIpc) is 3.45. The van der Waals surface area contributed by atoms with Gasteiger partial charge in [-0.3, -0.25) is 14.4 Å². The second-order valence-corrected chi connectivity index (χ2v) is 12.2. The number of carbonyl (C=O) groups excluding carboxylic acids is 1. The van der Waals surface area contributed by atoms with Crippen LogP contribution in [-0.4, -0.2) is 77.6 Å². The third-order valence-corrected chi connectivity index (χ3v) is 9.48. The van der Waals surface area contributed by atoms with E-state index in [0.29, 0.717) is 26.1 Å². The predicted molar refractivity (Wildman–Crippen MR) is 127 cm³/mol. The van der Waals surface area contributed by atoms with Gasteiger partial charge in [0.05, 0.1) is 28.6 Å². The summed E-state index contributed by atoms with van der Waals surface area (Å²) in [4.78, 5) is 19.1. The molecule has 0 bridgehead atoms. The van der Waals surface area contributed by atoms with Gasteiger partial charge in [-0.1, -0.05) is 29.8 Å². The third-order valence-electron chi connectivity index (χ3n) is 6.60. The van der Waals surface area contributed by atoms with Gasteiger partial charge in [-0.05, 0) is 31.9 Å². The van der Waals surface area contributed by atoms with Gasteiger partial charge >= 0.3 is 0 Å². The standard InChI is InChI=1S/C23H28N4O3S2/c1-16-3-5-18(6-4-16)14-27-23-20(17(2)24-27)13-21(31-23)22(28)26-10-8-25(9-11-26)19-7-12-32(29,30)15-19/h3-6,13,19H,7-12,14-15H2,1-2H3/t19-/m0/s1. The van der Waals surface area contributed by atoms with Gasteiger partial charge < -0.3 is 4.90 Å². The topological polar surface area (TPSA) is 75.5 Å². The Bertz CT molecular complexity index is 1250. The van der Waals surface area contributed by atoms with E-state index in [-0.39, 0.29) is 23.5 Å². The van der Waals surface area contributed by atoms with Crippen molar-refractivity contribution in [2.75, 3.05) is 37.7 Å². The van der Waals surface area contributed by atoms with Crippen LogP contribution in [0.3, 0.4) is 0 Å². The number of aromatic nitrogens is 2. The van der Waals surface area contributed by atoms with Crippen molar-refractivity contribution < 1.29 is 13.2 Å². The summed E-state index contributed by atoms with van der Waals surface area (Å²) in [5, 5.41) is 5.73. The number of hydrogen-bond donors (Lipinski definition) is 0. The highest BCUT2D eigenvalue weighted by Crippen LogP contribution is 2.30. The van der Waals surface area contributed by atoms with Crippen LogP contribution < -0.4 is 0 Å². The van der Waals surface area contributed by atoms with Gasteiger partial charge in [-0.2, -0.15) is 5.10 Å². The van der Waals surface area contributed by atoms with Crippen molar-refractivity contribution in [2.24, 2.45) is 0 Å². The maximum atomic E-state index is 13.2. The zero-order valence-corrected chi connectivity index (χ0v) is 20.1. The van der Waals surface area contributed by atoms with Crippen LogP contribution >= 0.6 is 11.3 Å². The third kappa shape index (κ3) is 4.21. The van der Waals surface area contributed by atoms with Gasteiger partial charge in [0.15, 0.2) is 9.84 Å². The molecule has 2 aliphatic heterocycles. The van der Waals surface area contributed by atoms with Crippen LogP contribution in [0.4, 0.5) is 0 Å². The summed E-state index contributed by atoms with van der Waals surface area (Å²) in [5.74, 6) is 0.608. The molecule has 1 atom stereocenters. The maximum absolute atomic E-state index is 13.2. The van der Waals surface area contributed by atoms with E-state index in [0.717, 1.165) is 33.9 Å². The Labute approximate surface area is 192 Å². The SMILES string of the molecule is Cc1ccc(Cn2nc(C)c3cc(C(=O)N4CCN([C@H]5CCS(=O)(=O)C5)CC4)sc32)cc1. The Balaban J connectivity index is 1.29. The van der Waals surface area contributed by atoms with Crippen molar-refractivity contribution in [1.82, 2.24) is 19.6 Å². The van der Waals surface area contributed by atoms with Gasteiger partial charge in [0.2, 0.25) is 0 Å². The Morgan fingerprint density at radius 3 is 2.50 bits per heavy atom. The number of sulfone groups is 1. The zero-order chi connectivity index (χ0) is 22.5. The van der Waals surface area contributed by atoms with Gasteiger partial charge in [0.25, 0.3) is 5.91 Å². The molecule has 170 valence electrons. The van der Waals surface area contributed by atoms with E-state index in [4.69, 9.17) is 5.10 Å². The van der Waals surface area contributed by atoms with Crippen LogP contribution in [0.5, 0.6) is 0 Å². The van der Waals surface area contributed by atoms with Gasteiger partial charge in [-0.15, -0.1) is 11.3 Å². The molecule has 4 heterocycles. The monoisotopic (exact) mass is 472 g/mol. The fourth-order valence-electron chi connectivity index (χ4n) is 4.70. The number of aryl methyl sites for hydroxylation is 2. The highest BCUT2D eigenvalue weighted by atomic mass is 32.2. The first-order chi connectivity index (χ1) is 15.3. The van der Waals surface area contributed by atoms with Crippen molar-refractivity contribution in [3.8, 4) is 0 Å². The van der Waals surface area contributed by atoms with Crippen LogP contribution in [-0.2, 0) is 16.4 Å². The Morgan fingerprint density at radius 2 is 1.84 bits per heavy atom. The number of carbonyl (C=O) groups is 1. The normalized spacial score (nSPS) is 21.4. The summed E-state index contributed by atoms with van der Waals surface area (Å²) in [6, 6.07) is 10.5. The number of thiophene rings is 1. The summed E-state index contributed by atoms with van der Waals surface area (Å²) in [6.45, 7) is 7.49. The number of amides is 1. The van der Waals surface area contributed by atoms with Gasteiger partial charge in [0, 0.05) is 37.6 Å². The molecule has 1 aromatic carbocycles. The van der Waals surface area contributed by atoms with E-state index in [9.17, 15) is 13.2 Å². The molecule has 3 aromatic rings. The average molecular weight is 473 g/mol.